The van der Waals surface area contributed by atoms with Gasteiger partial charge >= 0.3 is 0 Å². The lowest BCUT2D eigenvalue weighted by Gasteiger charge is -2.26. The van der Waals surface area contributed by atoms with Crippen LogP contribution in [0.25, 0.3) is 0 Å². The van der Waals surface area contributed by atoms with Crippen molar-refractivity contribution in [2.24, 2.45) is 5.10 Å². The number of rotatable bonds is 6. The van der Waals surface area contributed by atoms with Crippen LogP contribution in [0.15, 0.2) is 45.7 Å². The number of nitrogens with zero attached hydrogens (tertiary/aromatic N) is 3. The standard InChI is InChI=1S/C15H16N4O5S2/c20-19(21)12-3-4-14(17-16-11-13-2-1-9-25-13)15(10-12)26(22,23)18-5-7-24-8-6-18/h1-4,9-11,17H,5-8H2/b16-11+. The van der Waals surface area contributed by atoms with Crippen LogP contribution < -0.4 is 5.43 Å². The zero-order valence-corrected chi connectivity index (χ0v) is 15.2. The Bertz CT molecular complexity index is 906. The number of ether oxygens (including phenoxy) is 1. The molecule has 1 N–H and O–H groups in total. The van der Waals surface area contributed by atoms with Crippen LogP contribution in [0.3, 0.4) is 0 Å². The third-order valence-electron chi connectivity index (χ3n) is 3.68. The summed E-state index contributed by atoms with van der Waals surface area (Å²) in [6.45, 7) is 0.965. The van der Waals surface area contributed by atoms with Gasteiger partial charge in [-0.25, -0.2) is 8.42 Å². The molecule has 3 rings (SSSR count). The lowest BCUT2D eigenvalue weighted by atomic mass is 10.3. The molecule has 1 aromatic heterocycles. The normalized spacial score (nSPS) is 16.0. The molecule has 0 atom stereocenters. The highest BCUT2D eigenvalue weighted by Gasteiger charge is 2.30. The highest BCUT2D eigenvalue weighted by atomic mass is 32.2. The lowest BCUT2D eigenvalue weighted by molar-refractivity contribution is -0.385. The minimum Gasteiger partial charge on any atom is -0.379 e. The van der Waals surface area contributed by atoms with E-state index in [-0.39, 0.29) is 42.6 Å². The van der Waals surface area contributed by atoms with Crippen molar-refractivity contribution in [3.05, 3.63) is 50.7 Å². The smallest absolute Gasteiger partial charge is 0.270 e. The Hall–Kier alpha value is -2.34. The van der Waals surface area contributed by atoms with Gasteiger partial charge in [-0.3, -0.25) is 15.5 Å². The van der Waals surface area contributed by atoms with Crippen molar-refractivity contribution in [3.8, 4) is 0 Å². The number of anilines is 1. The van der Waals surface area contributed by atoms with Gasteiger partial charge in [0.15, 0.2) is 0 Å². The van der Waals surface area contributed by atoms with Crippen molar-refractivity contribution in [3.63, 3.8) is 0 Å². The van der Waals surface area contributed by atoms with E-state index in [4.69, 9.17) is 4.74 Å². The Morgan fingerprint density at radius 1 is 1.31 bits per heavy atom. The number of nitro groups is 1. The summed E-state index contributed by atoms with van der Waals surface area (Å²) in [5.74, 6) is 0. The van der Waals surface area contributed by atoms with Crippen LogP contribution in [0.4, 0.5) is 11.4 Å². The molecule has 1 aliphatic rings. The summed E-state index contributed by atoms with van der Waals surface area (Å²) in [5, 5.41) is 17.0. The minimum absolute atomic E-state index is 0.176. The number of hydrogen-bond donors (Lipinski definition) is 1. The van der Waals surface area contributed by atoms with Gasteiger partial charge in [-0.1, -0.05) is 6.07 Å². The molecular formula is C15H16N4O5S2. The van der Waals surface area contributed by atoms with Crippen LogP contribution in [0.5, 0.6) is 0 Å². The zero-order valence-electron chi connectivity index (χ0n) is 13.6. The molecule has 1 saturated heterocycles. The number of non-ortho nitro benzene ring substituents is 1. The highest BCUT2D eigenvalue weighted by Crippen LogP contribution is 2.29. The quantitative estimate of drug-likeness (QED) is 0.454. The van der Waals surface area contributed by atoms with Crippen LogP contribution in [0.1, 0.15) is 4.88 Å². The average molecular weight is 396 g/mol. The van der Waals surface area contributed by atoms with E-state index in [0.717, 1.165) is 10.9 Å². The van der Waals surface area contributed by atoms with E-state index in [9.17, 15) is 18.5 Å². The Balaban J connectivity index is 1.94. The number of nitro benzene ring substituents is 1. The van der Waals surface area contributed by atoms with Crippen molar-refractivity contribution in [2.45, 2.75) is 4.90 Å². The lowest BCUT2D eigenvalue weighted by Crippen LogP contribution is -2.40. The van der Waals surface area contributed by atoms with Crippen molar-refractivity contribution >= 4 is 38.9 Å². The molecule has 1 aliphatic heterocycles. The van der Waals surface area contributed by atoms with Crippen LogP contribution in [-0.4, -0.2) is 50.2 Å². The number of sulfonamides is 1. The molecule has 11 heteroatoms. The molecule has 1 fully saturated rings. The number of hydrogen-bond acceptors (Lipinski definition) is 8. The largest absolute Gasteiger partial charge is 0.379 e. The summed E-state index contributed by atoms with van der Waals surface area (Å²) in [4.78, 5) is 11.1. The number of nitrogens with one attached hydrogen (secondary N) is 1. The van der Waals surface area contributed by atoms with Gasteiger partial charge < -0.3 is 4.74 Å². The second-order valence-corrected chi connectivity index (χ2v) is 8.23. The van der Waals surface area contributed by atoms with Gasteiger partial charge in [-0.2, -0.15) is 9.41 Å². The number of benzene rings is 1. The van der Waals surface area contributed by atoms with E-state index in [2.05, 4.69) is 10.5 Å². The summed E-state index contributed by atoms with van der Waals surface area (Å²) in [6.07, 6.45) is 1.55. The van der Waals surface area contributed by atoms with E-state index in [1.165, 1.54) is 27.8 Å². The molecule has 0 radical (unpaired) electrons. The maximum atomic E-state index is 12.9. The zero-order chi connectivity index (χ0) is 18.6. The molecule has 2 aromatic rings. The van der Waals surface area contributed by atoms with Crippen LogP contribution >= 0.6 is 11.3 Å². The average Bonchev–Trinajstić information content (AvgIpc) is 3.16. The van der Waals surface area contributed by atoms with Gasteiger partial charge in [0.05, 0.1) is 30.0 Å². The van der Waals surface area contributed by atoms with Crippen LogP contribution in [0, 0.1) is 10.1 Å². The topological polar surface area (TPSA) is 114 Å². The fraction of sp³-hybridized carbons (Fsp3) is 0.267. The minimum atomic E-state index is -3.92. The molecule has 0 spiro atoms. The van der Waals surface area contributed by atoms with Gasteiger partial charge in [0.1, 0.15) is 4.90 Å². The molecular weight excluding hydrogens is 380 g/mol. The van der Waals surface area contributed by atoms with Crippen molar-refractivity contribution < 1.29 is 18.1 Å². The number of thiophene rings is 1. The predicted octanol–water partition coefficient (Wildman–Crippen LogP) is 2.12. The van der Waals surface area contributed by atoms with Gasteiger partial charge in [-0.15, -0.1) is 11.3 Å². The first-order valence-electron chi connectivity index (χ1n) is 7.67. The first kappa shape index (κ1) is 18.5. The number of hydrazone groups is 1. The molecule has 0 unspecified atom stereocenters. The van der Waals surface area contributed by atoms with E-state index < -0.39 is 14.9 Å². The fourth-order valence-corrected chi connectivity index (χ4v) is 4.54. The fourth-order valence-electron chi connectivity index (χ4n) is 2.39. The molecule has 26 heavy (non-hydrogen) atoms. The van der Waals surface area contributed by atoms with Gasteiger partial charge in [0.25, 0.3) is 5.69 Å². The third kappa shape index (κ3) is 4.07. The monoisotopic (exact) mass is 396 g/mol. The SMILES string of the molecule is O=[N+]([O-])c1ccc(N/N=C/c2cccs2)c(S(=O)(=O)N2CCOCC2)c1. The van der Waals surface area contributed by atoms with E-state index in [0.29, 0.717) is 0 Å². The maximum Gasteiger partial charge on any atom is 0.270 e. The molecule has 1 aromatic carbocycles. The van der Waals surface area contributed by atoms with Gasteiger partial charge in [-0.05, 0) is 17.5 Å². The first-order valence-corrected chi connectivity index (χ1v) is 9.99. The van der Waals surface area contributed by atoms with Crippen molar-refractivity contribution in [1.82, 2.24) is 4.31 Å². The summed E-state index contributed by atoms with van der Waals surface area (Å²) < 4.78 is 32.3. The molecule has 0 saturated carbocycles. The Kier molecular flexibility index (Phi) is 5.61. The molecule has 0 bridgehead atoms. The van der Waals surface area contributed by atoms with Gasteiger partial charge in [0, 0.05) is 30.1 Å². The Morgan fingerprint density at radius 3 is 2.73 bits per heavy atom. The summed E-state index contributed by atoms with van der Waals surface area (Å²) in [7, 11) is -3.92. The second-order valence-electron chi connectivity index (χ2n) is 5.34. The van der Waals surface area contributed by atoms with E-state index in [1.807, 2.05) is 17.5 Å². The van der Waals surface area contributed by atoms with Crippen LogP contribution in [0.2, 0.25) is 0 Å². The molecule has 138 valence electrons. The first-order chi connectivity index (χ1) is 12.5. The highest BCUT2D eigenvalue weighted by molar-refractivity contribution is 7.89. The Labute approximate surface area is 154 Å². The van der Waals surface area contributed by atoms with Gasteiger partial charge in [0.2, 0.25) is 10.0 Å². The Morgan fingerprint density at radius 2 is 2.08 bits per heavy atom. The van der Waals surface area contributed by atoms with Crippen molar-refractivity contribution in [1.29, 1.82) is 0 Å². The molecule has 2 heterocycles. The van der Waals surface area contributed by atoms with Crippen molar-refractivity contribution in [2.75, 3.05) is 31.7 Å². The summed E-state index contributed by atoms with van der Waals surface area (Å²) in [5.41, 5.74) is 2.55. The third-order valence-corrected chi connectivity index (χ3v) is 6.43. The summed E-state index contributed by atoms with van der Waals surface area (Å²) >= 11 is 1.48. The summed E-state index contributed by atoms with van der Waals surface area (Å²) in [6, 6.07) is 7.36. The molecule has 0 amide bonds. The molecule has 0 aliphatic carbocycles. The molecule has 9 nitrogen and oxygen atoms in total. The van der Waals surface area contributed by atoms with E-state index in [1.54, 1.807) is 6.21 Å². The predicted molar refractivity (Wildman–Crippen MR) is 98.2 cm³/mol. The maximum absolute atomic E-state index is 12.9. The van der Waals surface area contributed by atoms with Crippen LogP contribution in [-0.2, 0) is 14.8 Å². The second kappa shape index (κ2) is 7.91. The number of morpholine rings is 1. The van der Waals surface area contributed by atoms with E-state index >= 15 is 0 Å².